The van der Waals surface area contributed by atoms with Crippen LogP contribution in [0.25, 0.3) is 10.9 Å². The van der Waals surface area contributed by atoms with Gasteiger partial charge in [-0.15, -0.1) is 0 Å². The van der Waals surface area contributed by atoms with E-state index in [1.54, 1.807) is 12.1 Å². The minimum Gasteiger partial charge on any atom is -0.340 e. The Labute approximate surface area is 118 Å². The van der Waals surface area contributed by atoms with E-state index in [-0.39, 0.29) is 10.8 Å². The maximum atomic E-state index is 13.4. The number of rotatable bonds is 2. The van der Waals surface area contributed by atoms with Crippen molar-refractivity contribution in [1.29, 1.82) is 0 Å². The van der Waals surface area contributed by atoms with E-state index in [4.69, 9.17) is 11.6 Å². The van der Waals surface area contributed by atoms with Gasteiger partial charge in [-0.1, -0.05) is 11.6 Å². The highest BCUT2D eigenvalue weighted by atomic mass is 35.5. The Morgan fingerprint density at radius 3 is 2.65 bits per heavy atom. The molecule has 0 bridgehead atoms. The van der Waals surface area contributed by atoms with E-state index in [0.717, 1.165) is 0 Å². The molecule has 100 valence electrons. The molecule has 1 heterocycles. The predicted molar refractivity (Wildman–Crippen MR) is 74.2 cm³/mol. The van der Waals surface area contributed by atoms with Crippen LogP contribution in [-0.2, 0) is 0 Å². The molecular formula is C14H8ClF2N3. The number of hydrogen-bond donors (Lipinski definition) is 1. The van der Waals surface area contributed by atoms with Gasteiger partial charge in [0.1, 0.15) is 23.8 Å². The van der Waals surface area contributed by atoms with Crippen molar-refractivity contribution >= 4 is 34.0 Å². The number of fused-ring (bicyclic) bond motifs is 1. The van der Waals surface area contributed by atoms with Crippen molar-refractivity contribution < 1.29 is 8.78 Å². The molecule has 0 spiro atoms. The maximum Gasteiger partial charge on any atom is 0.143 e. The zero-order valence-corrected chi connectivity index (χ0v) is 10.8. The average Bonchev–Trinajstić information content (AvgIpc) is 2.43. The summed E-state index contributed by atoms with van der Waals surface area (Å²) in [5.74, 6) is -0.433. The zero-order valence-electron chi connectivity index (χ0n) is 10.1. The molecular weight excluding hydrogens is 284 g/mol. The lowest BCUT2D eigenvalue weighted by atomic mass is 10.2. The second kappa shape index (κ2) is 5.02. The highest BCUT2D eigenvalue weighted by Crippen LogP contribution is 2.25. The summed E-state index contributed by atoms with van der Waals surface area (Å²) in [7, 11) is 0. The molecule has 1 aromatic heterocycles. The van der Waals surface area contributed by atoms with Gasteiger partial charge in [0.25, 0.3) is 0 Å². The van der Waals surface area contributed by atoms with Crippen molar-refractivity contribution in [2.75, 3.05) is 5.32 Å². The maximum absolute atomic E-state index is 13.4. The Morgan fingerprint density at radius 1 is 1.00 bits per heavy atom. The van der Waals surface area contributed by atoms with Crippen LogP contribution in [0.4, 0.5) is 20.3 Å². The van der Waals surface area contributed by atoms with Crippen LogP contribution in [0, 0.1) is 11.6 Å². The average molecular weight is 292 g/mol. The Hall–Kier alpha value is -2.27. The fraction of sp³-hybridized carbons (Fsp3) is 0. The highest BCUT2D eigenvalue weighted by molar-refractivity contribution is 6.30. The SMILES string of the molecule is Fc1ccc2c(Nc3ccc(Cl)c(F)c3)ncnc2c1. The molecule has 6 heteroatoms. The molecule has 0 amide bonds. The number of anilines is 2. The Bertz CT molecular complexity index is 792. The summed E-state index contributed by atoms with van der Waals surface area (Å²) < 4.78 is 26.5. The lowest BCUT2D eigenvalue weighted by molar-refractivity contribution is 0.629. The molecule has 2 aromatic carbocycles. The highest BCUT2D eigenvalue weighted by Gasteiger charge is 2.06. The van der Waals surface area contributed by atoms with Crippen LogP contribution in [0.15, 0.2) is 42.7 Å². The smallest absolute Gasteiger partial charge is 0.143 e. The third-order valence-corrected chi connectivity index (χ3v) is 3.09. The molecule has 0 atom stereocenters. The van der Waals surface area contributed by atoms with Crippen LogP contribution < -0.4 is 5.32 Å². The summed E-state index contributed by atoms with van der Waals surface area (Å²) in [4.78, 5) is 8.07. The number of halogens is 3. The third kappa shape index (κ3) is 2.40. The van der Waals surface area contributed by atoms with Crippen molar-refractivity contribution in [3.8, 4) is 0 Å². The van der Waals surface area contributed by atoms with Gasteiger partial charge in [0, 0.05) is 17.1 Å². The van der Waals surface area contributed by atoms with E-state index >= 15 is 0 Å². The Kier molecular flexibility index (Phi) is 3.20. The Balaban J connectivity index is 2.04. The molecule has 0 aliphatic carbocycles. The molecule has 20 heavy (non-hydrogen) atoms. The zero-order chi connectivity index (χ0) is 14.1. The lowest BCUT2D eigenvalue weighted by Gasteiger charge is -2.08. The number of nitrogens with one attached hydrogen (secondary N) is 1. The monoisotopic (exact) mass is 291 g/mol. The second-order valence-corrected chi connectivity index (χ2v) is 4.54. The van der Waals surface area contributed by atoms with Gasteiger partial charge in [-0.2, -0.15) is 0 Å². The van der Waals surface area contributed by atoms with Crippen molar-refractivity contribution in [3.05, 3.63) is 59.4 Å². The van der Waals surface area contributed by atoms with Gasteiger partial charge in [-0.25, -0.2) is 18.7 Å². The van der Waals surface area contributed by atoms with E-state index in [1.807, 2.05) is 0 Å². The van der Waals surface area contributed by atoms with E-state index in [1.165, 1.54) is 30.6 Å². The molecule has 0 saturated heterocycles. The molecule has 0 aliphatic heterocycles. The molecule has 3 nitrogen and oxygen atoms in total. The number of nitrogens with zero attached hydrogens (tertiary/aromatic N) is 2. The number of aromatic nitrogens is 2. The number of hydrogen-bond acceptors (Lipinski definition) is 3. The molecule has 1 N–H and O–H groups in total. The van der Waals surface area contributed by atoms with Crippen molar-refractivity contribution in [2.24, 2.45) is 0 Å². The minimum absolute atomic E-state index is 0.0465. The lowest BCUT2D eigenvalue weighted by Crippen LogP contribution is -1.96. The topological polar surface area (TPSA) is 37.8 Å². The first-order chi connectivity index (χ1) is 9.63. The van der Waals surface area contributed by atoms with Crippen molar-refractivity contribution in [1.82, 2.24) is 9.97 Å². The summed E-state index contributed by atoms with van der Waals surface area (Å²) in [5, 5.41) is 3.65. The molecule has 3 rings (SSSR count). The molecule has 0 saturated carbocycles. The second-order valence-electron chi connectivity index (χ2n) is 4.14. The van der Waals surface area contributed by atoms with Crippen LogP contribution in [0.3, 0.4) is 0 Å². The molecule has 0 fully saturated rings. The van der Waals surface area contributed by atoms with Gasteiger partial charge in [0.15, 0.2) is 0 Å². The molecule has 0 aliphatic rings. The first-order valence-corrected chi connectivity index (χ1v) is 6.13. The molecule has 0 radical (unpaired) electrons. The number of benzene rings is 2. The third-order valence-electron chi connectivity index (χ3n) is 2.78. The first-order valence-electron chi connectivity index (χ1n) is 5.76. The van der Waals surface area contributed by atoms with Gasteiger partial charge in [0.2, 0.25) is 0 Å². The van der Waals surface area contributed by atoms with Gasteiger partial charge in [-0.3, -0.25) is 0 Å². The summed E-state index contributed by atoms with van der Waals surface area (Å²) >= 11 is 5.63. The standard InChI is InChI=1S/C14H8ClF2N3/c15-11-4-2-9(6-12(11)17)20-14-10-3-1-8(16)5-13(10)18-7-19-14/h1-7H,(H,18,19,20). The fourth-order valence-electron chi connectivity index (χ4n) is 1.84. The van der Waals surface area contributed by atoms with E-state index in [0.29, 0.717) is 22.4 Å². The van der Waals surface area contributed by atoms with E-state index < -0.39 is 5.82 Å². The fourth-order valence-corrected chi connectivity index (χ4v) is 1.96. The molecule has 0 unspecified atom stereocenters. The van der Waals surface area contributed by atoms with E-state index in [9.17, 15) is 8.78 Å². The predicted octanol–water partition coefficient (Wildman–Crippen LogP) is 4.31. The summed E-state index contributed by atoms with van der Waals surface area (Å²) in [6.45, 7) is 0. The summed E-state index contributed by atoms with van der Waals surface area (Å²) in [6, 6.07) is 8.54. The van der Waals surface area contributed by atoms with E-state index in [2.05, 4.69) is 15.3 Å². The van der Waals surface area contributed by atoms with Crippen LogP contribution >= 0.6 is 11.6 Å². The first kappa shape index (κ1) is 12.7. The molecule has 3 aromatic rings. The summed E-state index contributed by atoms with van der Waals surface area (Å²) in [5.41, 5.74) is 0.966. The van der Waals surface area contributed by atoms with Crippen LogP contribution in [0.5, 0.6) is 0 Å². The quantitative estimate of drug-likeness (QED) is 0.765. The van der Waals surface area contributed by atoms with Gasteiger partial charge < -0.3 is 5.32 Å². The largest absolute Gasteiger partial charge is 0.340 e. The Morgan fingerprint density at radius 2 is 1.85 bits per heavy atom. The van der Waals surface area contributed by atoms with Crippen LogP contribution in [0.1, 0.15) is 0 Å². The van der Waals surface area contributed by atoms with Gasteiger partial charge >= 0.3 is 0 Å². The summed E-state index contributed by atoms with van der Waals surface area (Å²) in [6.07, 6.45) is 1.32. The van der Waals surface area contributed by atoms with Gasteiger partial charge in [-0.05, 0) is 30.3 Å². The van der Waals surface area contributed by atoms with Crippen molar-refractivity contribution in [3.63, 3.8) is 0 Å². The van der Waals surface area contributed by atoms with Gasteiger partial charge in [0.05, 0.1) is 10.5 Å². The van der Waals surface area contributed by atoms with Crippen LogP contribution in [0.2, 0.25) is 5.02 Å². The normalized spacial score (nSPS) is 10.8. The van der Waals surface area contributed by atoms with Crippen LogP contribution in [-0.4, -0.2) is 9.97 Å². The van der Waals surface area contributed by atoms with Crippen molar-refractivity contribution in [2.45, 2.75) is 0 Å². The minimum atomic E-state index is -0.527.